The Morgan fingerprint density at radius 2 is 1.91 bits per heavy atom. The zero-order chi connectivity index (χ0) is 15.1. The molecule has 0 spiro atoms. The van der Waals surface area contributed by atoms with Gasteiger partial charge in [0, 0.05) is 5.39 Å². The Morgan fingerprint density at radius 1 is 1.09 bits per heavy atom. The van der Waals surface area contributed by atoms with Crippen LogP contribution in [0.25, 0.3) is 22.4 Å². The second-order valence-corrected chi connectivity index (χ2v) is 5.45. The molecule has 0 radical (unpaired) electrons. The minimum absolute atomic E-state index is 0.119. The number of fused-ring (bicyclic) bond motifs is 2. The highest BCUT2D eigenvalue weighted by atomic mass is 16.3. The first-order valence-corrected chi connectivity index (χ1v) is 7.16. The standard InChI is InChI=1S/C18H14N2O2/c1-12-7-8-16-14(9-12)10-15-17(22-16)19-20(18(15)21)11-13-5-3-2-4-6-13/h2-10H,11H2,1H3. The van der Waals surface area contributed by atoms with Gasteiger partial charge in [-0.3, -0.25) is 4.79 Å². The Morgan fingerprint density at radius 3 is 2.73 bits per heavy atom. The van der Waals surface area contributed by atoms with Crippen LogP contribution in [0.15, 0.2) is 63.8 Å². The van der Waals surface area contributed by atoms with E-state index in [0.717, 1.165) is 22.1 Å². The van der Waals surface area contributed by atoms with Gasteiger partial charge < -0.3 is 4.42 Å². The minimum Gasteiger partial charge on any atom is -0.436 e. The van der Waals surface area contributed by atoms with E-state index in [1.165, 1.54) is 4.68 Å². The molecule has 4 heteroatoms. The van der Waals surface area contributed by atoms with Crippen LogP contribution in [0, 0.1) is 6.92 Å². The van der Waals surface area contributed by atoms with Crippen molar-refractivity contribution in [2.24, 2.45) is 0 Å². The van der Waals surface area contributed by atoms with Gasteiger partial charge in [0.15, 0.2) is 0 Å². The maximum Gasteiger partial charge on any atom is 0.279 e. The van der Waals surface area contributed by atoms with Crippen LogP contribution in [0.3, 0.4) is 0 Å². The molecule has 2 heterocycles. The van der Waals surface area contributed by atoms with Gasteiger partial charge in [0.1, 0.15) is 11.1 Å². The number of rotatable bonds is 2. The van der Waals surface area contributed by atoms with Crippen molar-refractivity contribution < 1.29 is 4.42 Å². The molecule has 0 aliphatic carbocycles. The SMILES string of the molecule is Cc1ccc2oc3nn(Cc4ccccc4)c(=O)c-3cc2c1. The van der Waals surface area contributed by atoms with Crippen molar-refractivity contribution >= 4 is 11.0 Å². The van der Waals surface area contributed by atoms with Crippen LogP contribution >= 0.6 is 0 Å². The first-order valence-electron chi connectivity index (χ1n) is 7.16. The van der Waals surface area contributed by atoms with Gasteiger partial charge in [-0.25, -0.2) is 4.68 Å². The molecule has 2 aliphatic heterocycles. The van der Waals surface area contributed by atoms with Gasteiger partial charge in [-0.1, -0.05) is 42.0 Å². The van der Waals surface area contributed by atoms with Gasteiger partial charge in [-0.15, -0.1) is 5.10 Å². The van der Waals surface area contributed by atoms with Crippen LogP contribution in [0.1, 0.15) is 11.1 Å². The Balaban J connectivity index is 1.88. The smallest absolute Gasteiger partial charge is 0.279 e. The van der Waals surface area contributed by atoms with E-state index < -0.39 is 0 Å². The van der Waals surface area contributed by atoms with Gasteiger partial charge >= 0.3 is 0 Å². The molecular weight excluding hydrogens is 276 g/mol. The molecule has 4 rings (SSSR count). The van der Waals surface area contributed by atoms with Crippen LogP contribution < -0.4 is 5.56 Å². The predicted octanol–water partition coefficient (Wildman–Crippen LogP) is 3.45. The quantitative estimate of drug-likeness (QED) is 0.568. The van der Waals surface area contributed by atoms with Crippen LogP contribution in [-0.2, 0) is 6.54 Å². The van der Waals surface area contributed by atoms with Crippen molar-refractivity contribution in [3.8, 4) is 11.5 Å². The third-order valence-corrected chi connectivity index (χ3v) is 3.75. The van der Waals surface area contributed by atoms with Crippen molar-refractivity contribution in [1.29, 1.82) is 0 Å². The van der Waals surface area contributed by atoms with E-state index in [-0.39, 0.29) is 5.56 Å². The molecule has 2 aliphatic rings. The predicted molar refractivity (Wildman–Crippen MR) is 85.2 cm³/mol. The first kappa shape index (κ1) is 12.8. The molecular formula is C18H14N2O2. The molecule has 0 bridgehead atoms. The summed E-state index contributed by atoms with van der Waals surface area (Å²) >= 11 is 0. The van der Waals surface area contributed by atoms with Crippen molar-refractivity contribution in [1.82, 2.24) is 9.78 Å². The molecule has 0 saturated heterocycles. The van der Waals surface area contributed by atoms with Crippen molar-refractivity contribution in [3.63, 3.8) is 0 Å². The Labute approximate surface area is 127 Å². The van der Waals surface area contributed by atoms with Crippen LogP contribution in [-0.4, -0.2) is 9.78 Å². The summed E-state index contributed by atoms with van der Waals surface area (Å²) in [7, 11) is 0. The van der Waals surface area contributed by atoms with Gasteiger partial charge in [0.25, 0.3) is 5.56 Å². The molecule has 4 nitrogen and oxygen atoms in total. The Bertz CT molecular complexity index is 983. The number of hydrogen-bond donors (Lipinski definition) is 0. The molecule has 0 unspecified atom stereocenters. The lowest BCUT2D eigenvalue weighted by Crippen LogP contribution is -2.17. The molecule has 0 atom stereocenters. The van der Waals surface area contributed by atoms with E-state index in [1.54, 1.807) is 0 Å². The maximum absolute atomic E-state index is 12.5. The number of hydrogen-bond acceptors (Lipinski definition) is 3. The van der Waals surface area contributed by atoms with Crippen molar-refractivity contribution in [3.05, 3.63) is 76.1 Å². The third-order valence-electron chi connectivity index (χ3n) is 3.75. The van der Waals surface area contributed by atoms with Gasteiger partial charge in [0.2, 0.25) is 5.89 Å². The van der Waals surface area contributed by atoms with E-state index >= 15 is 0 Å². The summed E-state index contributed by atoms with van der Waals surface area (Å²) < 4.78 is 7.22. The summed E-state index contributed by atoms with van der Waals surface area (Å²) in [5.41, 5.74) is 3.31. The van der Waals surface area contributed by atoms with Crippen LogP contribution in [0.4, 0.5) is 0 Å². The summed E-state index contributed by atoms with van der Waals surface area (Å²) in [5.74, 6) is 0.386. The molecule has 22 heavy (non-hydrogen) atoms. The van der Waals surface area contributed by atoms with Crippen molar-refractivity contribution in [2.75, 3.05) is 0 Å². The molecule has 0 amide bonds. The second-order valence-electron chi connectivity index (χ2n) is 5.45. The summed E-state index contributed by atoms with van der Waals surface area (Å²) in [6, 6.07) is 17.6. The molecule has 0 saturated carbocycles. The lowest BCUT2D eigenvalue weighted by atomic mass is 10.1. The first-order chi connectivity index (χ1) is 10.7. The summed E-state index contributed by atoms with van der Waals surface area (Å²) in [6.07, 6.45) is 0. The lowest BCUT2D eigenvalue weighted by molar-refractivity contribution is 0.571. The zero-order valence-electron chi connectivity index (χ0n) is 12.1. The largest absolute Gasteiger partial charge is 0.436 e. The monoisotopic (exact) mass is 290 g/mol. The third kappa shape index (κ3) is 2.09. The maximum atomic E-state index is 12.5. The molecule has 0 aromatic heterocycles. The molecule has 0 N–H and O–H groups in total. The van der Waals surface area contributed by atoms with Gasteiger partial charge in [-0.2, -0.15) is 0 Å². The number of nitrogens with zero attached hydrogens (tertiary/aromatic N) is 2. The highest BCUT2D eigenvalue weighted by Crippen LogP contribution is 2.25. The fraction of sp³-hybridized carbons (Fsp3) is 0.111. The van der Waals surface area contributed by atoms with E-state index in [2.05, 4.69) is 5.10 Å². The Hall–Kier alpha value is -2.88. The topological polar surface area (TPSA) is 48.0 Å². The van der Waals surface area contributed by atoms with Crippen LogP contribution in [0.5, 0.6) is 0 Å². The molecule has 2 aromatic rings. The van der Waals surface area contributed by atoms with E-state index in [1.807, 2.05) is 61.5 Å². The van der Waals surface area contributed by atoms with E-state index in [0.29, 0.717) is 18.0 Å². The van der Waals surface area contributed by atoms with Crippen LogP contribution in [0.2, 0.25) is 0 Å². The van der Waals surface area contributed by atoms with E-state index in [9.17, 15) is 4.79 Å². The average Bonchev–Trinajstić information content (AvgIpc) is 2.82. The van der Waals surface area contributed by atoms with Crippen molar-refractivity contribution in [2.45, 2.75) is 13.5 Å². The normalized spacial score (nSPS) is 11.3. The lowest BCUT2D eigenvalue weighted by Gasteiger charge is -2.00. The van der Waals surface area contributed by atoms with E-state index in [4.69, 9.17) is 4.42 Å². The van der Waals surface area contributed by atoms with Gasteiger partial charge in [-0.05, 0) is 30.7 Å². The molecule has 108 valence electrons. The Kier molecular flexibility index (Phi) is 2.82. The summed E-state index contributed by atoms with van der Waals surface area (Å²) in [6.45, 7) is 2.46. The number of aryl methyl sites for hydroxylation is 1. The molecule has 2 aromatic carbocycles. The number of benzene rings is 2. The minimum atomic E-state index is -0.119. The highest BCUT2D eigenvalue weighted by Gasteiger charge is 2.18. The summed E-state index contributed by atoms with van der Waals surface area (Å²) in [5, 5.41) is 5.24. The van der Waals surface area contributed by atoms with Gasteiger partial charge in [0.05, 0.1) is 6.54 Å². The fourth-order valence-electron chi connectivity index (χ4n) is 2.64. The highest BCUT2D eigenvalue weighted by molar-refractivity contribution is 5.82. The zero-order valence-corrected chi connectivity index (χ0v) is 12.1. The second kappa shape index (κ2) is 4.84. The average molecular weight is 290 g/mol. The number of aromatic nitrogens is 2. The fourth-order valence-corrected chi connectivity index (χ4v) is 2.64. The molecule has 0 fully saturated rings. The summed E-state index contributed by atoms with van der Waals surface area (Å²) in [4.78, 5) is 12.5.